The minimum Gasteiger partial charge on any atom is -0.464 e. The van der Waals surface area contributed by atoms with Crippen molar-refractivity contribution in [3.63, 3.8) is 0 Å². The molecule has 0 unspecified atom stereocenters. The molecule has 0 spiro atoms. The summed E-state index contributed by atoms with van der Waals surface area (Å²) in [6.45, 7) is 1.23. The van der Waals surface area contributed by atoms with Crippen molar-refractivity contribution < 1.29 is 23.5 Å². The average molecular weight is 463 g/mol. The molecule has 0 saturated carbocycles. The molecule has 34 heavy (non-hydrogen) atoms. The van der Waals surface area contributed by atoms with Gasteiger partial charge in [0.05, 0.1) is 6.04 Å². The predicted molar refractivity (Wildman–Crippen MR) is 127 cm³/mol. The van der Waals surface area contributed by atoms with Crippen molar-refractivity contribution in [2.75, 3.05) is 6.61 Å². The van der Waals surface area contributed by atoms with Crippen LogP contribution in [0.15, 0.2) is 84.9 Å². The molecule has 0 aliphatic carbocycles. The van der Waals surface area contributed by atoms with Crippen molar-refractivity contribution in [2.45, 2.75) is 31.8 Å². The van der Waals surface area contributed by atoms with Gasteiger partial charge in [0.1, 0.15) is 18.5 Å². The van der Waals surface area contributed by atoms with Gasteiger partial charge in [-0.15, -0.1) is 0 Å². The number of esters is 1. The van der Waals surface area contributed by atoms with Crippen LogP contribution in [0.25, 0.3) is 0 Å². The fourth-order valence-corrected chi connectivity index (χ4v) is 3.47. The Balaban J connectivity index is 1.77. The molecule has 2 N–H and O–H groups in total. The maximum atomic E-state index is 13.3. The van der Waals surface area contributed by atoms with Crippen LogP contribution in [0, 0.1) is 5.82 Å². The van der Waals surface area contributed by atoms with Gasteiger partial charge < -0.3 is 15.4 Å². The number of hydrogen-bond acceptors (Lipinski definition) is 4. The second-order valence-electron chi connectivity index (χ2n) is 7.92. The van der Waals surface area contributed by atoms with Crippen LogP contribution in [0.3, 0.4) is 0 Å². The SMILES string of the molecule is CC(=O)OC[C@H](Cc1ccc(F)cc1)NC(=O)[C@H](Cc1ccccc1)NC(=O)c1ccccc1. The summed E-state index contributed by atoms with van der Waals surface area (Å²) in [7, 11) is 0. The van der Waals surface area contributed by atoms with Crippen molar-refractivity contribution in [3.05, 3.63) is 107 Å². The lowest BCUT2D eigenvalue weighted by Gasteiger charge is -2.24. The summed E-state index contributed by atoms with van der Waals surface area (Å²) in [6.07, 6.45) is 0.603. The molecule has 0 heterocycles. The lowest BCUT2D eigenvalue weighted by molar-refractivity contribution is -0.142. The van der Waals surface area contributed by atoms with Crippen LogP contribution in [0.2, 0.25) is 0 Å². The first-order valence-electron chi connectivity index (χ1n) is 11.0. The van der Waals surface area contributed by atoms with E-state index in [0.29, 0.717) is 12.0 Å². The first kappa shape index (κ1) is 24.6. The molecule has 6 nitrogen and oxygen atoms in total. The van der Waals surface area contributed by atoms with Crippen molar-refractivity contribution in [3.8, 4) is 0 Å². The molecule has 0 bridgehead atoms. The van der Waals surface area contributed by atoms with Crippen molar-refractivity contribution >= 4 is 17.8 Å². The second kappa shape index (κ2) is 12.3. The number of halogens is 1. The predicted octanol–water partition coefficient (Wildman–Crippen LogP) is 3.46. The van der Waals surface area contributed by atoms with E-state index >= 15 is 0 Å². The summed E-state index contributed by atoms with van der Waals surface area (Å²) in [5.41, 5.74) is 2.09. The highest BCUT2D eigenvalue weighted by molar-refractivity contribution is 5.97. The van der Waals surface area contributed by atoms with Gasteiger partial charge in [0, 0.05) is 18.9 Å². The molecule has 0 fully saturated rings. The molecule has 0 aliphatic rings. The number of nitrogens with one attached hydrogen (secondary N) is 2. The lowest BCUT2D eigenvalue weighted by Crippen LogP contribution is -2.52. The monoisotopic (exact) mass is 462 g/mol. The first-order valence-corrected chi connectivity index (χ1v) is 11.0. The number of hydrogen-bond donors (Lipinski definition) is 2. The van der Waals surface area contributed by atoms with Crippen LogP contribution in [0.1, 0.15) is 28.4 Å². The Morgan fingerprint density at radius 1 is 0.794 bits per heavy atom. The Bertz CT molecular complexity index is 1090. The Morgan fingerprint density at radius 2 is 1.38 bits per heavy atom. The smallest absolute Gasteiger partial charge is 0.302 e. The normalized spacial score (nSPS) is 12.3. The van der Waals surface area contributed by atoms with Gasteiger partial charge in [-0.2, -0.15) is 0 Å². The van der Waals surface area contributed by atoms with Crippen LogP contribution < -0.4 is 10.6 Å². The summed E-state index contributed by atoms with van der Waals surface area (Å²) < 4.78 is 18.4. The topological polar surface area (TPSA) is 84.5 Å². The number of amides is 2. The average Bonchev–Trinajstić information content (AvgIpc) is 2.84. The van der Waals surface area contributed by atoms with Gasteiger partial charge >= 0.3 is 5.97 Å². The Kier molecular flexibility index (Phi) is 8.91. The lowest BCUT2D eigenvalue weighted by atomic mass is 10.0. The molecular weight excluding hydrogens is 435 g/mol. The van der Waals surface area contributed by atoms with E-state index < -0.39 is 24.0 Å². The van der Waals surface area contributed by atoms with Crippen LogP contribution in [-0.4, -0.2) is 36.5 Å². The van der Waals surface area contributed by atoms with Crippen molar-refractivity contribution in [1.29, 1.82) is 0 Å². The molecule has 0 aromatic heterocycles. The molecule has 3 aromatic carbocycles. The Hall–Kier alpha value is -4.00. The molecule has 2 atom stereocenters. The van der Waals surface area contributed by atoms with Gasteiger partial charge in [-0.05, 0) is 41.8 Å². The Morgan fingerprint density at radius 3 is 2.00 bits per heavy atom. The zero-order valence-corrected chi connectivity index (χ0v) is 18.9. The largest absolute Gasteiger partial charge is 0.464 e. The number of benzene rings is 3. The number of carbonyl (C=O) groups is 3. The van der Waals surface area contributed by atoms with Gasteiger partial charge in [-0.1, -0.05) is 60.7 Å². The first-order chi connectivity index (χ1) is 16.4. The number of ether oxygens (including phenoxy) is 1. The molecule has 0 saturated heterocycles. The summed E-state index contributed by atoms with van der Waals surface area (Å²) in [4.78, 5) is 37.4. The molecule has 3 rings (SSSR count). The van der Waals surface area contributed by atoms with E-state index in [1.54, 1.807) is 42.5 Å². The molecule has 7 heteroatoms. The minimum absolute atomic E-state index is 0.0524. The van der Waals surface area contributed by atoms with Crippen molar-refractivity contribution in [2.24, 2.45) is 0 Å². The van der Waals surface area contributed by atoms with Gasteiger partial charge in [-0.25, -0.2) is 4.39 Å². The van der Waals surface area contributed by atoms with Crippen LogP contribution in [0.4, 0.5) is 4.39 Å². The zero-order valence-electron chi connectivity index (χ0n) is 18.9. The van der Waals surface area contributed by atoms with Gasteiger partial charge in [0.25, 0.3) is 5.91 Å². The summed E-state index contributed by atoms with van der Waals surface area (Å²) in [5, 5.41) is 5.70. The third-order valence-electron chi connectivity index (χ3n) is 5.17. The van der Waals surface area contributed by atoms with Gasteiger partial charge in [0.2, 0.25) is 5.91 Å². The van der Waals surface area contributed by atoms with E-state index in [4.69, 9.17) is 4.74 Å². The van der Waals surface area contributed by atoms with E-state index in [9.17, 15) is 18.8 Å². The molecular formula is C27H27FN2O4. The minimum atomic E-state index is -0.858. The highest BCUT2D eigenvalue weighted by Crippen LogP contribution is 2.09. The van der Waals surface area contributed by atoms with Gasteiger partial charge in [0.15, 0.2) is 0 Å². The van der Waals surface area contributed by atoms with E-state index in [1.807, 2.05) is 30.3 Å². The third kappa shape index (κ3) is 7.85. The summed E-state index contributed by atoms with van der Waals surface area (Å²) in [6, 6.07) is 22.5. The van der Waals surface area contributed by atoms with Gasteiger partial charge in [-0.3, -0.25) is 14.4 Å². The fourth-order valence-electron chi connectivity index (χ4n) is 3.47. The maximum Gasteiger partial charge on any atom is 0.302 e. The molecule has 0 radical (unpaired) electrons. The maximum absolute atomic E-state index is 13.3. The summed E-state index contributed by atoms with van der Waals surface area (Å²) in [5.74, 6) is -1.62. The van der Waals surface area contributed by atoms with E-state index in [0.717, 1.165) is 11.1 Å². The van der Waals surface area contributed by atoms with E-state index in [1.165, 1.54) is 19.1 Å². The number of rotatable bonds is 10. The standard InChI is InChI=1S/C27H27FN2O4/c1-19(31)34-18-24(16-21-12-14-23(28)15-13-21)29-27(33)25(17-20-8-4-2-5-9-20)30-26(32)22-10-6-3-7-11-22/h2-15,24-25H,16-18H2,1H3,(H,29,33)(H,30,32)/t24-,25-/m0/s1. The van der Waals surface area contributed by atoms with Crippen LogP contribution in [0.5, 0.6) is 0 Å². The summed E-state index contributed by atoms with van der Waals surface area (Å²) >= 11 is 0. The highest BCUT2D eigenvalue weighted by Gasteiger charge is 2.25. The molecule has 176 valence electrons. The third-order valence-corrected chi connectivity index (χ3v) is 5.17. The van der Waals surface area contributed by atoms with E-state index in [-0.39, 0.29) is 24.8 Å². The van der Waals surface area contributed by atoms with Crippen LogP contribution in [-0.2, 0) is 27.2 Å². The zero-order chi connectivity index (χ0) is 24.3. The number of carbonyl (C=O) groups excluding carboxylic acids is 3. The van der Waals surface area contributed by atoms with Crippen LogP contribution >= 0.6 is 0 Å². The highest BCUT2D eigenvalue weighted by atomic mass is 19.1. The Labute approximate surface area is 198 Å². The fraction of sp³-hybridized carbons (Fsp3) is 0.222. The molecule has 0 aliphatic heterocycles. The second-order valence-corrected chi connectivity index (χ2v) is 7.92. The molecule has 2 amide bonds. The molecule has 3 aromatic rings. The quantitative estimate of drug-likeness (QED) is 0.452. The van der Waals surface area contributed by atoms with E-state index in [2.05, 4.69) is 10.6 Å². The van der Waals surface area contributed by atoms with Crippen molar-refractivity contribution in [1.82, 2.24) is 10.6 Å².